The van der Waals surface area contributed by atoms with Gasteiger partial charge in [0.15, 0.2) is 17.5 Å². The molecule has 27 heavy (non-hydrogen) atoms. The van der Waals surface area contributed by atoms with Crippen molar-refractivity contribution < 1.29 is 19.0 Å². The number of nitrogens with zero attached hydrogens (tertiary/aromatic N) is 1. The normalized spacial score (nSPS) is 13.7. The van der Waals surface area contributed by atoms with Crippen LogP contribution in [0.1, 0.15) is 39.3 Å². The first-order valence-electron chi connectivity index (χ1n) is 9.01. The molecule has 0 aromatic heterocycles. The van der Waals surface area contributed by atoms with Crippen LogP contribution in [-0.2, 0) is 4.74 Å². The Morgan fingerprint density at radius 2 is 1.96 bits per heavy atom. The molecule has 0 saturated heterocycles. The standard InChI is InChI=1S/C19H32FN3O3.HI/c1-6-21-19(22-10-16(24)12-26-11-13(2)3)23-14(4)15-7-8-18(25-5)17(20)9-15;/h7-9,13-14,16,24H,6,10-12H2,1-5H3,(H2,21,22,23);1H. The van der Waals surface area contributed by atoms with Gasteiger partial charge in [-0.3, -0.25) is 4.99 Å². The van der Waals surface area contributed by atoms with Gasteiger partial charge in [0, 0.05) is 13.2 Å². The summed E-state index contributed by atoms with van der Waals surface area (Å²) in [6, 6.07) is 4.68. The summed E-state index contributed by atoms with van der Waals surface area (Å²) in [5, 5.41) is 16.3. The van der Waals surface area contributed by atoms with E-state index in [0.717, 1.165) is 5.56 Å². The SMILES string of the molecule is CCNC(=NCC(O)COCC(C)C)NC(C)c1ccc(OC)c(F)c1.I. The summed E-state index contributed by atoms with van der Waals surface area (Å²) in [6.45, 7) is 9.74. The summed E-state index contributed by atoms with van der Waals surface area (Å²) in [7, 11) is 1.44. The second kappa shape index (κ2) is 14.0. The van der Waals surface area contributed by atoms with E-state index >= 15 is 0 Å². The highest BCUT2D eigenvalue weighted by atomic mass is 127. The Kier molecular flexibility index (Phi) is 13.4. The molecule has 0 aliphatic rings. The van der Waals surface area contributed by atoms with Crippen molar-refractivity contribution in [1.29, 1.82) is 0 Å². The zero-order chi connectivity index (χ0) is 19.5. The Morgan fingerprint density at radius 3 is 2.52 bits per heavy atom. The van der Waals surface area contributed by atoms with Crippen LogP contribution in [0.15, 0.2) is 23.2 Å². The minimum atomic E-state index is -0.669. The summed E-state index contributed by atoms with van der Waals surface area (Å²) >= 11 is 0. The summed E-state index contributed by atoms with van der Waals surface area (Å²) < 4.78 is 24.2. The van der Waals surface area contributed by atoms with Gasteiger partial charge in [-0.05, 0) is 37.5 Å². The lowest BCUT2D eigenvalue weighted by atomic mass is 10.1. The Balaban J connectivity index is 0.00000676. The fourth-order valence-corrected chi connectivity index (χ4v) is 2.25. The van der Waals surface area contributed by atoms with Crippen molar-refractivity contribution in [3.05, 3.63) is 29.6 Å². The molecular weight excluding hydrogens is 464 g/mol. The Hall–Kier alpha value is -1.13. The zero-order valence-corrected chi connectivity index (χ0v) is 19.1. The predicted molar refractivity (Wildman–Crippen MR) is 118 cm³/mol. The lowest BCUT2D eigenvalue weighted by Crippen LogP contribution is -2.39. The van der Waals surface area contributed by atoms with E-state index in [1.165, 1.54) is 13.2 Å². The van der Waals surface area contributed by atoms with Gasteiger partial charge < -0.3 is 25.2 Å². The average molecular weight is 497 g/mol. The molecule has 0 radical (unpaired) electrons. The van der Waals surface area contributed by atoms with Crippen molar-refractivity contribution in [3.8, 4) is 5.75 Å². The number of ether oxygens (including phenoxy) is 2. The zero-order valence-electron chi connectivity index (χ0n) is 16.8. The van der Waals surface area contributed by atoms with E-state index in [9.17, 15) is 9.50 Å². The number of hydrogen-bond acceptors (Lipinski definition) is 4. The molecule has 8 heteroatoms. The summed E-state index contributed by atoms with van der Waals surface area (Å²) in [6.07, 6.45) is -0.669. The number of aliphatic hydroxyl groups is 1. The molecule has 0 amide bonds. The first-order valence-corrected chi connectivity index (χ1v) is 9.01. The molecule has 0 saturated carbocycles. The van der Waals surface area contributed by atoms with Crippen molar-refractivity contribution in [1.82, 2.24) is 10.6 Å². The van der Waals surface area contributed by atoms with Gasteiger partial charge in [0.25, 0.3) is 0 Å². The number of methoxy groups -OCH3 is 1. The fourth-order valence-electron chi connectivity index (χ4n) is 2.25. The molecule has 0 fully saturated rings. The van der Waals surface area contributed by atoms with Crippen LogP contribution in [0.3, 0.4) is 0 Å². The molecule has 0 aliphatic heterocycles. The van der Waals surface area contributed by atoms with Gasteiger partial charge in [-0.15, -0.1) is 24.0 Å². The Bertz CT molecular complexity index is 573. The van der Waals surface area contributed by atoms with Crippen molar-refractivity contribution in [2.24, 2.45) is 10.9 Å². The van der Waals surface area contributed by atoms with Gasteiger partial charge in [-0.25, -0.2) is 4.39 Å². The number of rotatable bonds is 10. The largest absolute Gasteiger partial charge is 0.494 e. The second-order valence-corrected chi connectivity index (χ2v) is 6.56. The summed E-state index contributed by atoms with van der Waals surface area (Å²) in [5.74, 6) is 0.791. The lowest BCUT2D eigenvalue weighted by Gasteiger charge is -2.19. The van der Waals surface area contributed by atoms with Crippen LogP contribution < -0.4 is 15.4 Å². The third-order valence-corrected chi connectivity index (χ3v) is 3.59. The third kappa shape index (κ3) is 10.1. The van der Waals surface area contributed by atoms with Crippen LogP contribution in [-0.4, -0.2) is 50.6 Å². The molecule has 2 atom stereocenters. The van der Waals surface area contributed by atoms with Crippen molar-refractivity contribution in [2.75, 3.05) is 33.4 Å². The van der Waals surface area contributed by atoms with Crippen LogP contribution in [0.25, 0.3) is 0 Å². The highest BCUT2D eigenvalue weighted by Gasteiger charge is 2.12. The number of halogens is 2. The summed E-state index contributed by atoms with van der Waals surface area (Å²) in [5.41, 5.74) is 0.773. The van der Waals surface area contributed by atoms with Crippen LogP contribution >= 0.6 is 24.0 Å². The van der Waals surface area contributed by atoms with E-state index < -0.39 is 11.9 Å². The number of benzene rings is 1. The molecule has 3 N–H and O–H groups in total. The van der Waals surface area contributed by atoms with Gasteiger partial charge in [-0.1, -0.05) is 19.9 Å². The van der Waals surface area contributed by atoms with Crippen LogP contribution in [0.5, 0.6) is 5.75 Å². The minimum Gasteiger partial charge on any atom is -0.494 e. The minimum absolute atomic E-state index is 0. The first kappa shape index (κ1) is 25.9. The number of aliphatic imine (C=N–C) groups is 1. The molecule has 0 bridgehead atoms. The van der Waals surface area contributed by atoms with Crippen LogP contribution in [0.4, 0.5) is 4.39 Å². The third-order valence-electron chi connectivity index (χ3n) is 3.59. The molecule has 2 unspecified atom stereocenters. The number of nitrogens with one attached hydrogen (secondary N) is 2. The van der Waals surface area contributed by atoms with E-state index in [1.807, 2.05) is 13.8 Å². The smallest absolute Gasteiger partial charge is 0.191 e. The predicted octanol–water partition coefficient (Wildman–Crippen LogP) is 3.10. The van der Waals surface area contributed by atoms with E-state index in [2.05, 4.69) is 29.5 Å². The quantitative estimate of drug-likeness (QED) is 0.263. The van der Waals surface area contributed by atoms with Crippen LogP contribution in [0, 0.1) is 11.7 Å². The van der Waals surface area contributed by atoms with Gasteiger partial charge in [0.2, 0.25) is 0 Å². The number of guanidine groups is 1. The monoisotopic (exact) mass is 497 g/mol. The number of aliphatic hydroxyl groups excluding tert-OH is 1. The van der Waals surface area contributed by atoms with E-state index in [0.29, 0.717) is 25.0 Å². The molecule has 0 aliphatic carbocycles. The van der Waals surface area contributed by atoms with Crippen molar-refractivity contribution in [3.63, 3.8) is 0 Å². The average Bonchev–Trinajstić information content (AvgIpc) is 2.59. The Labute approximate surface area is 179 Å². The van der Waals surface area contributed by atoms with E-state index in [1.54, 1.807) is 12.1 Å². The maximum absolute atomic E-state index is 13.9. The molecule has 6 nitrogen and oxygen atoms in total. The number of hydrogen-bond donors (Lipinski definition) is 3. The maximum Gasteiger partial charge on any atom is 0.191 e. The molecular formula is C19H33FIN3O3. The van der Waals surface area contributed by atoms with Crippen LogP contribution in [0.2, 0.25) is 0 Å². The Morgan fingerprint density at radius 1 is 1.26 bits per heavy atom. The van der Waals surface area contributed by atoms with Gasteiger partial charge in [0.05, 0.1) is 32.4 Å². The molecule has 1 aromatic rings. The maximum atomic E-state index is 13.9. The topological polar surface area (TPSA) is 75.1 Å². The molecule has 0 spiro atoms. The molecule has 156 valence electrons. The first-order chi connectivity index (χ1) is 12.4. The van der Waals surface area contributed by atoms with E-state index in [-0.39, 0.29) is 48.9 Å². The van der Waals surface area contributed by atoms with Crippen molar-refractivity contribution >= 4 is 29.9 Å². The van der Waals surface area contributed by atoms with Gasteiger partial charge in [-0.2, -0.15) is 0 Å². The highest BCUT2D eigenvalue weighted by Crippen LogP contribution is 2.21. The lowest BCUT2D eigenvalue weighted by molar-refractivity contribution is 0.0301. The second-order valence-electron chi connectivity index (χ2n) is 6.56. The fraction of sp³-hybridized carbons (Fsp3) is 0.632. The van der Waals surface area contributed by atoms with Gasteiger partial charge >= 0.3 is 0 Å². The molecule has 1 rings (SSSR count). The summed E-state index contributed by atoms with van der Waals surface area (Å²) in [4.78, 5) is 4.38. The van der Waals surface area contributed by atoms with Gasteiger partial charge in [0.1, 0.15) is 0 Å². The molecule has 1 aromatic carbocycles. The van der Waals surface area contributed by atoms with Crippen molar-refractivity contribution in [2.45, 2.75) is 39.8 Å². The highest BCUT2D eigenvalue weighted by molar-refractivity contribution is 14.0. The molecule has 0 heterocycles. The van der Waals surface area contributed by atoms with E-state index in [4.69, 9.17) is 9.47 Å².